The molecule has 6 N–H and O–H groups in total. The predicted molar refractivity (Wildman–Crippen MR) is 292 cm³/mol. The van der Waals surface area contributed by atoms with Gasteiger partial charge >= 0.3 is 5.97 Å². The van der Waals surface area contributed by atoms with Crippen molar-refractivity contribution in [3.8, 4) is 0 Å². The molecule has 412 valence electrons. The number of amides is 1. The van der Waals surface area contributed by atoms with E-state index in [0.29, 0.717) is 19.4 Å². The third-order valence-corrected chi connectivity index (χ3v) is 13.3. The smallest absolute Gasteiger partial charge is 0.305 e. The standard InChI is InChI=1S/C60H107NO10/c1-3-5-7-9-11-13-15-17-23-26-30-34-38-42-46-53(63)52(51-70-60-59(68)58(67)57(66)54(50-62)71-60)61-55(64)47-43-39-35-31-27-24-21-19-18-20-22-25-29-33-37-41-45-49-69-56(65)48-44-40-36-32-28-16-14-12-10-8-6-4-2/h12,14,18,20,25-26,29-30,42,46,52-54,57-60,62-63,66-68H,3-11,13,15-17,19,21-24,27-28,31-41,43-45,47-51H2,1-2H3,(H,61,64)/b14-12-,20-18-,29-25-,30-26+,46-42+. The Morgan fingerprint density at radius 2 is 0.958 bits per heavy atom. The number of aliphatic hydroxyl groups excluding tert-OH is 5. The van der Waals surface area contributed by atoms with Crippen LogP contribution in [0.5, 0.6) is 0 Å². The Bertz CT molecular complexity index is 1360. The zero-order chi connectivity index (χ0) is 51.7. The van der Waals surface area contributed by atoms with E-state index in [-0.39, 0.29) is 18.5 Å². The molecule has 0 aromatic carbocycles. The number of carbonyl (C=O) groups excluding carboxylic acids is 2. The summed E-state index contributed by atoms with van der Waals surface area (Å²) in [4.78, 5) is 25.0. The van der Waals surface area contributed by atoms with Crippen molar-refractivity contribution in [1.29, 1.82) is 0 Å². The number of aliphatic hydroxyl groups is 5. The van der Waals surface area contributed by atoms with Crippen LogP contribution in [0.1, 0.15) is 245 Å². The number of allylic oxidation sites excluding steroid dienone is 9. The minimum atomic E-state index is -1.58. The largest absolute Gasteiger partial charge is 0.466 e. The number of carbonyl (C=O) groups is 2. The molecule has 1 heterocycles. The summed E-state index contributed by atoms with van der Waals surface area (Å²) >= 11 is 0. The number of nitrogens with one attached hydrogen (secondary N) is 1. The fraction of sp³-hybridized carbons (Fsp3) is 0.800. The van der Waals surface area contributed by atoms with E-state index in [4.69, 9.17) is 14.2 Å². The molecule has 0 saturated carbocycles. The molecular formula is C60H107NO10. The van der Waals surface area contributed by atoms with Crippen LogP contribution in [0.4, 0.5) is 0 Å². The first-order valence-corrected chi connectivity index (χ1v) is 29.1. The van der Waals surface area contributed by atoms with E-state index in [1.807, 2.05) is 6.08 Å². The maximum absolute atomic E-state index is 13.0. The Balaban J connectivity index is 2.18. The van der Waals surface area contributed by atoms with E-state index in [9.17, 15) is 35.1 Å². The van der Waals surface area contributed by atoms with Gasteiger partial charge in [0.1, 0.15) is 24.4 Å². The van der Waals surface area contributed by atoms with Crippen molar-refractivity contribution >= 4 is 11.9 Å². The van der Waals surface area contributed by atoms with Gasteiger partial charge in [0, 0.05) is 12.8 Å². The Morgan fingerprint density at radius 1 is 0.521 bits per heavy atom. The summed E-state index contributed by atoms with van der Waals surface area (Å²) in [6.07, 6.45) is 53.0. The average Bonchev–Trinajstić information content (AvgIpc) is 3.37. The number of unbranched alkanes of at least 4 members (excludes halogenated alkanes) is 27. The summed E-state index contributed by atoms with van der Waals surface area (Å²) in [5.41, 5.74) is 0. The number of esters is 1. The SMILES string of the molecule is CCCCC/C=C\CCCCCCCC(=O)OCCCCC/C=C\C/C=C\CCCCCCCCCC(=O)NC(COC1OC(CO)C(O)C(O)C1O)C(O)/C=C/CC/C=C/CCCCCCCCCC. The van der Waals surface area contributed by atoms with Crippen molar-refractivity contribution in [3.05, 3.63) is 60.8 Å². The molecule has 1 fully saturated rings. The molecule has 0 bridgehead atoms. The van der Waals surface area contributed by atoms with Gasteiger partial charge in [0.15, 0.2) is 6.29 Å². The fourth-order valence-corrected chi connectivity index (χ4v) is 8.65. The summed E-state index contributed by atoms with van der Waals surface area (Å²) in [5, 5.41) is 54.3. The third kappa shape index (κ3) is 39.5. The van der Waals surface area contributed by atoms with Crippen LogP contribution in [0.25, 0.3) is 0 Å². The predicted octanol–water partition coefficient (Wildman–Crippen LogP) is 13.1. The molecule has 1 aliphatic heterocycles. The highest BCUT2D eigenvalue weighted by atomic mass is 16.7. The first-order valence-electron chi connectivity index (χ1n) is 29.1. The van der Waals surface area contributed by atoms with Crippen molar-refractivity contribution in [2.45, 2.75) is 288 Å². The van der Waals surface area contributed by atoms with Crippen molar-refractivity contribution in [3.63, 3.8) is 0 Å². The van der Waals surface area contributed by atoms with E-state index in [1.54, 1.807) is 6.08 Å². The number of ether oxygens (including phenoxy) is 3. The summed E-state index contributed by atoms with van der Waals surface area (Å²) in [6.45, 7) is 4.23. The van der Waals surface area contributed by atoms with Crippen LogP contribution in [-0.2, 0) is 23.8 Å². The minimum absolute atomic E-state index is 0.0439. The number of hydrogen-bond donors (Lipinski definition) is 6. The first-order chi connectivity index (χ1) is 34.7. The number of rotatable bonds is 49. The quantitative estimate of drug-likeness (QED) is 0.0195. The Kier molecular flexibility index (Phi) is 46.3. The van der Waals surface area contributed by atoms with Gasteiger partial charge in [0.05, 0.1) is 32.0 Å². The molecule has 11 nitrogen and oxygen atoms in total. The molecule has 0 aromatic heterocycles. The summed E-state index contributed by atoms with van der Waals surface area (Å²) in [6, 6.07) is -0.841. The van der Waals surface area contributed by atoms with Crippen LogP contribution in [-0.4, -0.2) is 100 Å². The highest BCUT2D eigenvalue weighted by Gasteiger charge is 2.44. The Morgan fingerprint density at radius 3 is 1.51 bits per heavy atom. The van der Waals surface area contributed by atoms with Crippen LogP contribution in [0.3, 0.4) is 0 Å². The van der Waals surface area contributed by atoms with Gasteiger partial charge in [0.25, 0.3) is 0 Å². The first kappa shape index (κ1) is 66.4. The molecule has 0 radical (unpaired) electrons. The van der Waals surface area contributed by atoms with Crippen LogP contribution >= 0.6 is 0 Å². The molecule has 1 rings (SSSR count). The van der Waals surface area contributed by atoms with Crippen molar-refractivity contribution in [2.75, 3.05) is 19.8 Å². The summed E-state index contributed by atoms with van der Waals surface area (Å²) < 4.78 is 16.6. The fourth-order valence-electron chi connectivity index (χ4n) is 8.65. The molecular weight excluding hydrogens is 895 g/mol. The Labute approximate surface area is 433 Å². The topological polar surface area (TPSA) is 175 Å². The molecule has 7 unspecified atom stereocenters. The number of hydrogen-bond acceptors (Lipinski definition) is 10. The van der Waals surface area contributed by atoms with Gasteiger partial charge in [-0.1, -0.05) is 184 Å². The van der Waals surface area contributed by atoms with E-state index < -0.39 is 49.5 Å². The van der Waals surface area contributed by atoms with Crippen LogP contribution in [0.15, 0.2) is 60.8 Å². The highest BCUT2D eigenvalue weighted by Crippen LogP contribution is 2.23. The van der Waals surface area contributed by atoms with E-state index in [0.717, 1.165) is 96.3 Å². The molecule has 1 aliphatic rings. The molecule has 1 saturated heterocycles. The zero-order valence-electron chi connectivity index (χ0n) is 45.2. The van der Waals surface area contributed by atoms with Gasteiger partial charge in [0.2, 0.25) is 5.91 Å². The van der Waals surface area contributed by atoms with E-state index in [1.165, 1.54) is 122 Å². The second-order valence-electron chi connectivity index (χ2n) is 20.0. The molecule has 7 atom stereocenters. The molecule has 1 amide bonds. The lowest BCUT2D eigenvalue weighted by Crippen LogP contribution is -2.60. The zero-order valence-corrected chi connectivity index (χ0v) is 45.2. The monoisotopic (exact) mass is 1000 g/mol. The van der Waals surface area contributed by atoms with E-state index in [2.05, 4.69) is 67.8 Å². The van der Waals surface area contributed by atoms with Crippen LogP contribution in [0.2, 0.25) is 0 Å². The maximum atomic E-state index is 13.0. The van der Waals surface area contributed by atoms with Gasteiger partial charge < -0.3 is 45.1 Å². The van der Waals surface area contributed by atoms with Gasteiger partial charge in [-0.05, 0) is 109 Å². The lowest BCUT2D eigenvalue weighted by Gasteiger charge is -2.40. The second kappa shape index (κ2) is 49.6. The normalized spacial score (nSPS) is 19.6. The van der Waals surface area contributed by atoms with Gasteiger partial charge in [-0.25, -0.2) is 0 Å². The minimum Gasteiger partial charge on any atom is -0.466 e. The maximum Gasteiger partial charge on any atom is 0.305 e. The van der Waals surface area contributed by atoms with Crippen molar-refractivity contribution < 1.29 is 49.3 Å². The average molecular weight is 1000 g/mol. The summed E-state index contributed by atoms with van der Waals surface area (Å²) in [7, 11) is 0. The van der Waals surface area contributed by atoms with Gasteiger partial charge in [-0.15, -0.1) is 0 Å². The molecule has 71 heavy (non-hydrogen) atoms. The Hall–Kier alpha value is -2.64. The third-order valence-electron chi connectivity index (χ3n) is 13.3. The van der Waals surface area contributed by atoms with Crippen LogP contribution < -0.4 is 5.32 Å². The molecule has 0 aromatic rings. The van der Waals surface area contributed by atoms with E-state index >= 15 is 0 Å². The summed E-state index contributed by atoms with van der Waals surface area (Å²) in [5.74, 6) is -0.253. The van der Waals surface area contributed by atoms with Gasteiger partial charge in [-0.3, -0.25) is 9.59 Å². The van der Waals surface area contributed by atoms with Crippen molar-refractivity contribution in [1.82, 2.24) is 5.32 Å². The molecule has 0 aliphatic carbocycles. The highest BCUT2D eigenvalue weighted by molar-refractivity contribution is 5.76. The van der Waals surface area contributed by atoms with Crippen LogP contribution in [0, 0.1) is 0 Å². The molecule has 11 heteroatoms. The second-order valence-corrected chi connectivity index (χ2v) is 20.0. The van der Waals surface area contributed by atoms with Gasteiger partial charge in [-0.2, -0.15) is 0 Å². The molecule has 0 spiro atoms. The lowest BCUT2D eigenvalue weighted by atomic mass is 9.99. The van der Waals surface area contributed by atoms with Crippen molar-refractivity contribution in [2.24, 2.45) is 0 Å². The lowest BCUT2D eigenvalue weighted by molar-refractivity contribution is -0.302.